The van der Waals surface area contributed by atoms with Crippen molar-refractivity contribution >= 4 is 0 Å². The molecule has 0 spiro atoms. The lowest BCUT2D eigenvalue weighted by Crippen LogP contribution is -2.71. The molecule has 0 aliphatic heterocycles. The molecule has 3 nitrogen and oxygen atoms in total. The SMILES string of the molecule is CCCCCCCCCCCCCCCCCCC(N)(CCCCCCCCCCCCCCCCCC)C(N)(N)CC. The lowest BCUT2D eigenvalue weighted by Gasteiger charge is -2.43. The molecular weight excluding hydrogens is 522 g/mol. The van der Waals surface area contributed by atoms with E-state index in [0.29, 0.717) is 0 Å². The molecule has 0 aromatic rings. The fourth-order valence-electron chi connectivity index (χ4n) is 6.92. The molecule has 0 radical (unpaired) electrons. The van der Waals surface area contributed by atoms with E-state index in [9.17, 15) is 0 Å². The third-order valence-electron chi connectivity index (χ3n) is 10.5. The molecule has 0 saturated heterocycles. The van der Waals surface area contributed by atoms with Crippen molar-refractivity contribution in [2.24, 2.45) is 17.2 Å². The van der Waals surface area contributed by atoms with Gasteiger partial charge in [0.25, 0.3) is 0 Å². The molecule has 0 amide bonds. The van der Waals surface area contributed by atoms with Crippen LogP contribution in [0.3, 0.4) is 0 Å². The zero-order valence-corrected chi connectivity index (χ0v) is 30.5. The third kappa shape index (κ3) is 26.8. The Hall–Kier alpha value is -0.120. The summed E-state index contributed by atoms with van der Waals surface area (Å²) >= 11 is 0. The van der Waals surface area contributed by atoms with Crippen LogP contribution in [0, 0.1) is 0 Å². The Morgan fingerprint density at radius 1 is 0.279 bits per heavy atom. The van der Waals surface area contributed by atoms with Crippen LogP contribution < -0.4 is 17.2 Å². The average molecular weight is 608 g/mol. The number of nitrogens with two attached hydrogens (primary N) is 3. The fraction of sp³-hybridized carbons (Fsp3) is 1.00. The average Bonchev–Trinajstić information content (AvgIpc) is 3.00. The van der Waals surface area contributed by atoms with Gasteiger partial charge >= 0.3 is 0 Å². The number of hydrogen-bond acceptors (Lipinski definition) is 3. The van der Waals surface area contributed by atoms with Crippen LogP contribution in [0.15, 0.2) is 0 Å². The van der Waals surface area contributed by atoms with Gasteiger partial charge in [-0.15, -0.1) is 0 Å². The minimum atomic E-state index is -0.752. The summed E-state index contributed by atoms with van der Waals surface area (Å²) < 4.78 is 0. The fourth-order valence-corrected chi connectivity index (χ4v) is 6.92. The molecule has 0 atom stereocenters. The summed E-state index contributed by atoms with van der Waals surface area (Å²) in [7, 11) is 0. The Labute approximate surface area is 273 Å². The molecule has 0 saturated carbocycles. The molecule has 0 aliphatic carbocycles. The number of unbranched alkanes of at least 4 members (excludes halogenated alkanes) is 30. The number of hydrogen-bond donors (Lipinski definition) is 3. The van der Waals surface area contributed by atoms with Gasteiger partial charge in [-0.25, -0.2) is 0 Å². The Morgan fingerprint density at radius 3 is 0.651 bits per heavy atom. The van der Waals surface area contributed by atoms with Crippen molar-refractivity contribution in [3.63, 3.8) is 0 Å². The van der Waals surface area contributed by atoms with E-state index in [1.165, 1.54) is 205 Å². The monoisotopic (exact) mass is 608 g/mol. The highest BCUT2D eigenvalue weighted by atomic mass is 15.1. The van der Waals surface area contributed by atoms with E-state index in [2.05, 4.69) is 20.8 Å². The van der Waals surface area contributed by atoms with Gasteiger partial charge < -0.3 is 17.2 Å². The van der Waals surface area contributed by atoms with Crippen LogP contribution in [0.4, 0.5) is 0 Å². The summed E-state index contributed by atoms with van der Waals surface area (Å²) in [5.74, 6) is 0. The van der Waals surface area contributed by atoms with Crippen molar-refractivity contribution in [1.82, 2.24) is 0 Å². The van der Waals surface area contributed by atoms with Crippen molar-refractivity contribution < 1.29 is 0 Å². The highest BCUT2D eigenvalue weighted by Crippen LogP contribution is 2.29. The van der Waals surface area contributed by atoms with E-state index in [1.807, 2.05) is 0 Å². The molecule has 0 bridgehead atoms. The van der Waals surface area contributed by atoms with Crippen molar-refractivity contribution in [1.29, 1.82) is 0 Å². The minimum Gasteiger partial charge on any atom is -0.322 e. The van der Waals surface area contributed by atoms with Crippen LogP contribution in [-0.2, 0) is 0 Å². The van der Waals surface area contributed by atoms with Crippen molar-refractivity contribution in [3.05, 3.63) is 0 Å². The van der Waals surface area contributed by atoms with E-state index in [0.717, 1.165) is 19.3 Å². The Bertz CT molecular complexity index is 496. The van der Waals surface area contributed by atoms with E-state index >= 15 is 0 Å². The van der Waals surface area contributed by atoms with Gasteiger partial charge in [-0.1, -0.05) is 226 Å². The van der Waals surface area contributed by atoms with Gasteiger partial charge in [-0.2, -0.15) is 0 Å². The van der Waals surface area contributed by atoms with Gasteiger partial charge in [-0.3, -0.25) is 0 Å². The van der Waals surface area contributed by atoms with Gasteiger partial charge in [0.2, 0.25) is 0 Å². The van der Waals surface area contributed by atoms with E-state index in [4.69, 9.17) is 17.2 Å². The summed E-state index contributed by atoms with van der Waals surface area (Å²) in [5.41, 5.74) is 18.9. The maximum Gasteiger partial charge on any atom is 0.0818 e. The first-order valence-electron chi connectivity index (χ1n) is 20.3. The van der Waals surface area contributed by atoms with Gasteiger partial charge in [0, 0.05) is 5.54 Å². The molecule has 43 heavy (non-hydrogen) atoms. The maximum absolute atomic E-state index is 6.96. The van der Waals surface area contributed by atoms with Gasteiger partial charge in [0.1, 0.15) is 0 Å². The van der Waals surface area contributed by atoms with Crippen LogP contribution in [-0.4, -0.2) is 11.2 Å². The first kappa shape index (κ1) is 42.9. The largest absolute Gasteiger partial charge is 0.322 e. The first-order valence-corrected chi connectivity index (χ1v) is 20.3. The van der Waals surface area contributed by atoms with E-state index in [-0.39, 0.29) is 0 Å². The molecular formula is C40H85N3. The van der Waals surface area contributed by atoms with Crippen LogP contribution >= 0.6 is 0 Å². The highest BCUT2D eigenvalue weighted by Gasteiger charge is 2.40. The van der Waals surface area contributed by atoms with Gasteiger partial charge in [0.05, 0.1) is 5.66 Å². The zero-order chi connectivity index (χ0) is 31.7. The van der Waals surface area contributed by atoms with Crippen molar-refractivity contribution in [2.45, 2.75) is 257 Å². The molecule has 0 unspecified atom stereocenters. The van der Waals surface area contributed by atoms with E-state index < -0.39 is 11.2 Å². The number of rotatable bonds is 36. The van der Waals surface area contributed by atoms with Crippen molar-refractivity contribution in [2.75, 3.05) is 0 Å². The minimum absolute atomic E-state index is 0.423. The molecule has 0 heterocycles. The van der Waals surface area contributed by atoms with Crippen molar-refractivity contribution in [3.8, 4) is 0 Å². The molecule has 0 aromatic carbocycles. The quantitative estimate of drug-likeness (QED) is 0.0489. The third-order valence-corrected chi connectivity index (χ3v) is 10.5. The molecule has 0 aromatic heterocycles. The van der Waals surface area contributed by atoms with Gasteiger partial charge in [-0.05, 0) is 19.3 Å². The highest BCUT2D eigenvalue weighted by molar-refractivity contribution is 5.02. The summed E-state index contributed by atoms with van der Waals surface area (Å²) in [6, 6.07) is 0. The summed E-state index contributed by atoms with van der Waals surface area (Å²) in [4.78, 5) is 0. The predicted octanol–water partition coefficient (Wildman–Crippen LogP) is 13.0. The van der Waals surface area contributed by atoms with Crippen LogP contribution in [0.5, 0.6) is 0 Å². The van der Waals surface area contributed by atoms with E-state index in [1.54, 1.807) is 0 Å². The Morgan fingerprint density at radius 2 is 0.465 bits per heavy atom. The Balaban J connectivity index is 3.74. The summed E-state index contributed by atoms with van der Waals surface area (Å²) in [6.45, 7) is 6.70. The summed E-state index contributed by atoms with van der Waals surface area (Å²) in [5, 5.41) is 0. The second-order valence-electron chi connectivity index (χ2n) is 14.7. The smallest absolute Gasteiger partial charge is 0.0818 e. The molecule has 0 rings (SSSR count). The topological polar surface area (TPSA) is 78.1 Å². The first-order chi connectivity index (χ1) is 20.9. The molecule has 0 aliphatic rings. The van der Waals surface area contributed by atoms with Crippen LogP contribution in [0.2, 0.25) is 0 Å². The second-order valence-corrected chi connectivity index (χ2v) is 14.7. The molecule has 0 fully saturated rings. The molecule has 3 heteroatoms. The standard InChI is InChI=1S/C40H85N3/c1-4-7-9-11-13-15-17-19-21-23-25-27-29-31-33-35-37-39(41,40(42,43)6-3)38-36-34-32-30-28-26-24-22-20-18-16-14-12-10-8-5-2/h4-38,41-43H2,1-3H3. The lowest BCUT2D eigenvalue weighted by atomic mass is 9.76. The molecule has 6 N–H and O–H groups in total. The van der Waals surface area contributed by atoms with Crippen LogP contribution in [0.25, 0.3) is 0 Å². The second kappa shape index (κ2) is 31.8. The zero-order valence-electron chi connectivity index (χ0n) is 30.5. The lowest BCUT2D eigenvalue weighted by molar-refractivity contribution is 0.178. The van der Waals surface area contributed by atoms with Gasteiger partial charge in [0.15, 0.2) is 0 Å². The maximum atomic E-state index is 6.96. The molecule has 260 valence electrons. The normalized spacial score (nSPS) is 12.4. The predicted molar refractivity (Wildman–Crippen MR) is 197 cm³/mol. The Kier molecular flexibility index (Phi) is 31.8. The van der Waals surface area contributed by atoms with Crippen LogP contribution in [0.1, 0.15) is 245 Å². The summed E-state index contributed by atoms with van der Waals surface area (Å²) in [6.07, 6.45) is 47.4.